The number of thiophene rings is 1. The number of anilines is 2. The van der Waals surface area contributed by atoms with Crippen molar-refractivity contribution in [3.05, 3.63) is 46.7 Å². The van der Waals surface area contributed by atoms with E-state index in [1.54, 1.807) is 6.07 Å². The molecule has 2 heterocycles. The molecule has 2 amide bonds. The number of benzene rings is 1. The Labute approximate surface area is 150 Å². The molecule has 0 spiro atoms. The van der Waals surface area contributed by atoms with Crippen LogP contribution in [0.25, 0.3) is 0 Å². The summed E-state index contributed by atoms with van der Waals surface area (Å²) in [7, 11) is 0. The summed E-state index contributed by atoms with van der Waals surface area (Å²) in [5.41, 5.74) is 1.79. The van der Waals surface area contributed by atoms with Gasteiger partial charge in [0.25, 0.3) is 5.91 Å². The summed E-state index contributed by atoms with van der Waals surface area (Å²) in [6.45, 7) is 3.31. The van der Waals surface area contributed by atoms with Crippen LogP contribution in [0.15, 0.2) is 41.8 Å². The fourth-order valence-electron chi connectivity index (χ4n) is 2.66. The summed E-state index contributed by atoms with van der Waals surface area (Å²) in [6, 6.07) is 11.3. The van der Waals surface area contributed by atoms with Crippen molar-refractivity contribution in [3.8, 4) is 0 Å². The number of para-hydroxylation sites is 2. The van der Waals surface area contributed by atoms with Crippen molar-refractivity contribution in [2.75, 3.05) is 43.1 Å². The zero-order chi connectivity index (χ0) is 17.5. The van der Waals surface area contributed by atoms with Gasteiger partial charge in [-0.1, -0.05) is 18.2 Å². The Hall–Kier alpha value is -2.38. The highest BCUT2D eigenvalue weighted by atomic mass is 32.1. The van der Waals surface area contributed by atoms with Crippen LogP contribution in [0.2, 0.25) is 0 Å². The molecular weight excluding hydrogens is 338 g/mol. The topological polar surface area (TPSA) is 70.7 Å². The minimum Gasteiger partial charge on any atom is -0.378 e. The number of hydrogen-bond acceptors (Lipinski definition) is 5. The number of morpholine rings is 1. The lowest BCUT2D eigenvalue weighted by atomic mass is 10.2. The van der Waals surface area contributed by atoms with Gasteiger partial charge in [-0.2, -0.15) is 0 Å². The van der Waals surface area contributed by atoms with Crippen molar-refractivity contribution < 1.29 is 14.3 Å². The summed E-state index contributed by atoms with van der Waals surface area (Å²) in [6.07, 6.45) is 0.231. The second-order valence-corrected chi connectivity index (χ2v) is 6.60. The zero-order valence-corrected chi connectivity index (χ0v) is 14.7. The SMILES string of the molecule is O=C(CCNC(=O)c1cccs1)Nc1ccccc1N1CCOCC1. The van der Waals surface area contributed by atoms with Crippen molar-refractivity contribution >= 4 is 34.5 Å². The molecule has 6 nitrogen and oxygen atoms in total. The molecule has 1 aliphatic rings. The predicted octanol–water partition coefficient (Wildman–Crippen LogP) is 2.34. The molecule has 7 heteroatoms. The van der Waals surface area contributed by atoms with Gasteiger partial charge in [0.05, 0.1) is 29.5 Å². The molecule has 132 valence electrons. The number of nitrogens with one attached hydrogen (secondary N) is 2. The number of hydrogen-bond donors (Lipinski definition) is 2. The van der Waals surface area contributed by atoms with Gasteiger partial charge >= 0.3 is 0 Å². The number of ether oxygens (including phenoxy) is 1. The second kappa shape index (κ2) is 8.64. The van der Waals surface area contributed by atoms with Crippen LogP contribution in [0.3, 0.4) is 0 Å². The maximum atomic E-state index is 12.2. The van der Waals surface area contributed by atoms with Crippen molar-refractivity contribution in [2.24, 2.45) is 0 Å². The molecular formula is C18H21N3O3S. The molecule has 0 bridgehead atoms. The van der Waals surface area contributed by atoms with E-state index in [0.717, 1.165) is 24.5 Å². The maximum Gasteiger partial charge on any atom is 0.261 e. The quantitative estimate of drug-likeness (QED) is 0.831. The zero-order valence-electron chi connectivity index (χ0n) is 13.9. The highest BCUT2D eigenvalue weighted by molar-refractivity contribution is 7.12. The fraction of sp³-hybridized carbons (Fsp3) is 0.333. The lowest BCUT2D eigenvalue weighted by Crippen LogP contribution is -2.36. The molecule has 0 aliphatic carbocycles. The molecule has 2 N–H and O–H groups in total. The van der Waals surface area contributed by atoms with Gasteiger partial charge in [-0.05, 0) is 23.6 Å². The van der Waals surface area contributed by atoms with Gasteiger partial charge in [0.1, 0.15) is 0 Å². The van der Waals surface area contributed by atoms with Crippen LogP contribution in [0.5, 0.6) is 0 Å². The Balaban J connectivity index is 1.52. The van der Waals surface area contributed by atoms with E-state index in [0.29, 0.717) is 24.6 Å². The Bertz CT molecular complexity index is 712. The molecule has 1 fully saturated rings. The standard InChI is InChI=1S/C18H21N3O3S/c22-17(7-8-19-18(23)16-6-3-13-25-16)20-14-4-1-2-5-15(14)21-9-11-24-12-10-21/h1-6,13H,7-12H2,(H,19,23)(H,20,22). The van der Waals surface area contributed by atoms with Crippen LogP contribution >= 0.6 is 11.3 Å². The largest absolute Gasteiger partial charge is 0.378 e. The van der Waals surface area contributed by atoms with Crippen LogP contribution in [0.4, 0.5) is 11.4 Å². The van der Waals surface area contributed by atoms with Gasteiger partial charge in [-0.15, -0.1) is 11.3 Å². The number of amides is 2. The summed E-state index contributed by atoms with van der Waals surface area (Å²) < 4.78 is 5.38. The second-order valence-electron chi connectivity index (χ2n) is 5.65. The van der Waals surface area contributed by atoms with Crippen molar-refractivity contribution in [1.82, 2.24) is 5.32 Å². The van der Waals surface area contributed by atoms with Crippen LogP contribution in [-0.4, -0.2) is 44.7 Å². The number of nitrogens with zero attached hydrogens (tertiary/aromatic N) is 1. The van der Waals surface area contributed by atoms with E-state index in [1.807, 2.05) is 35.7 Å². The molecule has 0 atom stereocenters. The Kier molecular flexibility index (Phi) is 6.03. The molecule has 1 aromatic heterocycles. The van der Waals surface area contributed by atoms with E-state index in [4.69, 9.17) is 4.74 Å². The summed E-state index contributed by atoms with van der Waals surface area (Å²) in [5, 5.41) is 7.56. The highest BCUT2D eigenvalue weighted by Gasteiger charge is 2.15. The van der Waals surface area contributed by atoms with Crippen LogP contribution < -0.4 is 15.5 Å². The molecule has 1 aliphatic heterocycles. The summed E-state index contributed by atoms with van der Waals surface area (Å²) in [5.74, 6) is -0.260. The minimum absolute atomic E-state index is 0.118. The first kappa shape index (κ1) is 17.4. The third-order valence-corrected chi connectivity index (χ3v) is 4.78. The molecule has 1 aromatic carbocycles. The smallest absolute Gasteiger partial charge is 0.261 e. The minimum atomic E-state index is -0.142. The molecule has 3 rings (SSSR count). The van der Waals surface area contributed by atoms with Crippen LogP contribution in [-0.2, 0) is 9.53 Å². The fourth-order valence-corrected chi connectivity index (χ4v) is 3.30. The Morgan fingerprint density at radius 3 is 2.68 bits per heavy atom. The molecule has 25 heavy (non-hydrogen) atoms. The summed E-state index contributed by atoms with van der Waals surface area (Å²) >= 11 is 1.38. The third kappa shape index (κ3) is 4.80. The van der Waals surface area contributed by atoms with E-state index in [9.17, 15) is 9.59 Å². The van der Waals surface area contributed by atoms with E-state index in [-0.39, 0.29) is 18.2 Å². The number of carbonyl (C=O) groups is 2. The van der Waals surface area contributed by atoms with Gasteiger partial charge in [0.15, 0.2) is 0 Å². The predicted molar refractivity (Wildman–Crippen MR) is 99.4 cm³/mol. The maximum absolute atomic E-state index is 12.2. The first-order chi connectivity index (χ1) is 12.2. The van der Waals surface area contributed by atoms with E-state index in [2.05, 4.69) is 15.5 Å². The van der Waals surface area contributed by atoms with E-state index in [1.165, 1.54) is 11.3 Å². The van der Waals surface area contributed by atoms with Crippen molar-refractivity contribution in [1.29, 1.82) is 0 Å². The Morgan fingerprint density at radius 1 is 1.12 bits per heavy atom. The van der Waals surface area contributed by atoms with Crippen LogP contribution in [0, 0.1) is 0 Å². The highest BCUT2D eigenvalue weighted by Crippen LogP contribution is 2.26. The average Bonchev–Trinajstić information content (AvgIpc) is 3.18. The molecule has 0 radical (unpaired) electrons. The van der Waals surface area contributed by atoms with Gasteiger partial charge < -0.3 is 20.3 Å². The van der Waals surface area contributed by atoms with Crippen molar-refractivity contribution in [2.45, 2.75) is 6.42 Å². The molecule has 1 saturated heterocycles. The van der Waals surface area contributed by atoms with Gasteiger partial charge in [0.2, 0.25) is 5.91 Å². The summed E-state index contributed by atoms with van der Waals surface area (Å²) in [4.78, 5) is 26.9. The van der Waals surface area contributed by atoms with Gasteiger partial charge in [-0.25, -0.2) is 0 Å². The van der Waals surface area contributed by atoms with E-state index < -0.39 is 0 Å². The van der Waals surface area contributed by atoms with Gasteiger partial charge in [0, 0.05) is 26.1 Å². The average molecular weight is 359 g/mol. The van der Waals surface area contributed by atoms with E-state index >= 15 is 0 Å². The normalized spacial score (nSPS) is 14.2. The first-order valence-electron chi connectivity index (χ1n) is 8.27. The van der Waals surface area contributed by atoms with Crippen LogP contribution in [0.1, 0.15) is 16.1 Å². The molecule has 2 aromatic rings. The monoisotopic (exact) mass is 359 g/mol. The van der Waals surface area contributed by atoms with Crippen molar-refractivity contribution in [3.63, 3.8) is 0 Å². The first-order valence-corrected chi connectivity index (χ1v) is 9.15. The lowest BCUT2D eigenvalue weighted by Gasteiger charge is -2.30. The third-order valence-electron chi connectivity index (χ3n) is 3.91. The van der Waals surface area contributed by atoms with Gasteiger partial charge in [-0.3, -0.25) is 9.59 Å². The molecule has 0 saturated carbocycles. The number of rotatable bonds is 6. The molecule has 0 unspecified atom stereocenters. The Morgan fingerprint density at radius 2 is 1.92 bits per heavy atom. The lowest BCUT2D eigenvalue weighted by molar-refractivity contribution is -0.116. The number of carbonyl (C=O) groups excluding carboxylic acids is 2.